The van der Waals surface area contributed by atoms with Crippen LogP contribution in [0, 0.1) is 5.92 Å². The van der Waals surface area contributed by atoms with Gasteiger partial charge in [0.15, 0.2) is 0 Å². The van der Waals surface area contributed by atoms with E-state index in [1.807, 2.05) is 32.1 Å². The SMILES string of the molecule is CC(C)(C)OC(=O)NCCCNC(c1cccs1)C1CC1. The van der Waals surface area contributed by atoms with Crippen LogP contribution in [0.1, 0.15) is 51.0 Å². The number of ether oxygens (including phenoxy) is 1. The van der Waals surface area contributed by atoms with Gasteiger partial charge in [-0.2, -0.15) is 0 Å². The molecule has 1 atom stereocenters. The van der Waals surface area contributed by atoms with E-state index in [9.17, 15) is 4.79 Å². The van der Waals surface area contributed by atoms with Crippen LogP contribution in [0.4, 0.5) is 4.79 Å². The topological polar surface area (TPSA) is 50.4 Å². The van der Waals surface area contributed by atoms with Crippen molar-refractivity contribution in [1.29, 1.82) is 0 Å². The van der Waals surface area contributed by atoms with Crippen molar-refractivity contribution in [2.24, 2.45) is 5.92 Å². The molecule has 21 heavy (non-hydrogen) atoms. The lowest BCUT2D eigenvalue weighted by Gasteiger charge is -2.20. The summed E-state index contributed by atoms with van der Waals surface area (Å²) in [6.07, 6.45) is 3.23. The summed E-state index contributed by atoms with van der Waals surface area (Å²) in [7, 11) is 0. The molecule has 1 aliphatic carbocycles. The molecule has 4 nitrogen and oxygen atoms in total. The molecule has 1 aliphatic rings. The first-order valence-corrected chi connectivity index (χ1v) is 8.57. The number of nitrogens with one attached hydrogen (secondary N) is 2. The molecule has 1 saturated carbocycles. The molecule has 1 amide bonds. The molecule has 5 heteroatoms. The standard InChI is InChI=1S/C16H26N2O2S/c1-16(2,3)20-15(19)18-10-5-9-17-14(12-7-8-12)13-6-4-11-21-13/h4,6,11-12,14,17H,5,7-10H2,1-3H3,(H,18,19). The van der Waals surface area contributed by atoms with Gasteiger partial charge in [-0.05, 0) is 63.9 Å². The van der Waals surface area contributed by atoms with Crippen LogP contribution < -0.4 is 10.6 Å². The van der Waals surface area contributed by atoms with Crippen LogP contribution in [0.3, 0.4) is 0 Å². The summed E-state index contributed by atoms with van der Waals surface area (Å²) >= 11 is 1.82. The Kier molecular flexibility index (Phi) is 5.65. The van der Waals surface area contributed by atoms with Gasteiger partial charge < -0.3 is 15.4 Å². The second kappa shape index (κ2) is 7.27. The quantitative estimate of drug-likeness (QED) is 0.755. The Morgan fingerprint density at radius 2 is 2.19 bits per heavy atom. The summed E-state index contributed by atoms with van der Waals surface area (Å²) in [6, 6.07) is 4.81. The summed E-state index contributed by atoms with van der Waals surface area (Å²) in [5.41, 5.74) is -0.432. The lowest BCUT2D eigenvalue weighted by molar-refractivity contribution is 0.0527. The average Bonchev–Trinajstić information content (AvgIpc) is 3.06. The van der Waals surface area contributed by atoms with Gasteiger partial charge in [-0.3, -0.25) is 0 Å². The number of hydrogen-bond donors (Lipinski definition) is 2. The Hall–Kier alpha value is -1.07. The van der Waals surface area contributed by atoms with E-state index in [-0.39, 0.29) is 6.09 Å². The van der Waals surface area contributed by atoms with Gasteiger partial charge in [0.1, 0.15) is 5.60 Å². The number of rotatable bonds is 7. The van der Waals surface area contributed by atoms with Gasteiger partial charge in [0.2, 0.25) is 0 Å². The Balaban J connectivity index is 1.62. The lowest BCUT2D eigenvalue weighted by Crippen LogP contribution is -2.34. The second-order valence-electron chi connectivity index (χ2n) is 6.57. The Morgan fingerprint density at radius 3 is 2.76 bits per heavy atom. The highest BCUT2D eigenvalue weighted by Crippen LogP contribution is 2.42. The molecule has 0 bridgehead atoms. The zero-order valence-corrected chi connectivity index (χ0v) is 14.0. The smallest absolute Gasteiger partial charge is 0.407 e. The van der Waals surface area contributed by atoms with Crippen molar-refractivity contribution in [3.05, 3.63) is 22.4 Å². The first-order chi connectivity index (χ1) is 9.96. The van der Waals surface area contributed by atoms with Crippen LogP contribution in [0.15, 0.2) is 17.5 Å². The average molecular weight is 310 g/mol. The van der Waals surface area contributed by atoms with Crippen molar-refractivity contribution in [3.8, 4) is 0 Å². The van der Waals surface area contributed by atoms with Gasteiger partial charge >= 0.3 is 6.09 Å². The fourth-order valence-electron chi connectivity index (χ4n) is 2.25. The summed E-state index contributed by atoms with van der Waals surface area (Å²) < 4.78 is 5.20. The minimum atomic E-state index is -0.432. The fraction of sp³-hybridized carbons (Fsp3) is 0.688. The molecule has 0 saturated heterocycles. The third kappa shape index (κ3) is 6.06. The monoisotopic (exact) mass is 310 g/mol. The molecular weight excluding hydrogens is 284 g/mol. The lowest BCUT2D eigenvalue weighted by atomic mass is 10.1. The first-order valence-electron chi connectivity index (χ1n) is 7.69. The van der Waals surface area contributed by atoms with E-state index in [0.29, 0.717) is 12.6 Å². The Bertz CT molecular complexity index is 436. The maximum atomic E-state index is 11.5. The predicted octanol–water partition coefficient (Wildman–Crippen LogP) is 3.70. The van der Waals surface area contributed by atoms with Gasteiger partial charge in [0, 0.05) is 17.5 Å². The van der Waals surface area contributed by atoms with Crippen LogP contribution >= 0.6 is 11.3 Å². The highest BCUT2D eigenvalue weighted by Gasteiger charge is 2.32. The van der Waals surface area contributed by atoms with Crippen molar-refractivity contribution in [2.45, 2.75) is 51.7 Å². The van der Waals surface area contributed by atoms with Crippen LogP contribution in [0.5, 0.6) is 0 Å². The third-order valence-corrected chi connectivity index (χ3v) is 4.28. The normalized spacial score (nSPS) is 16.5. The van der Waals surface area contributed by atoms with Gasteiger partial charge in [0.05, 0.1) is 0 Å². The largest absolute Gasteiger partial charge is 0.444 e. The van der Waals surface area contributed by atoms with Crippen LogP contribution in [-0.4, -0.2) is 24.8 Å². The first kappa shape index (κ1) is 16.3. The van der Waals surface area contributed by atoms with Crippen molar-refractivity contribution in [3.63, 3.8) is 0 Å². The highest BCUT2D eigenvalue weighted by atomic mass is 32.1. The van der Waals surface area contributed by atoms with E-state index < -0.39 is 5.60 Å². The summed E-state index contributed by atoms with van der Waals surface area (Å²) in [4.78, 5) is 12.9. The molecule has 2 rings (SSSR count). The fourth-order valence-corrected chi connectivity index (χ4v) is 3.14. The van der Waals surface area contributed by atoms with Gasteiger partial charge in [-0.25, -0.2) is 4.79 Å². The van der Waals surface area contributed by atoms with Crippen LogP contribution in [0.25, 0.3) is 0 Å². The van der Waals surface area contributed by atoms with Crippen LogP contribution in [0.2, 0.25) is 0 Å². The van der Waals surface area contributed by atoms with Gasteiger partial charge in [0.25, 0.3) is 0 Å². The summed E-state index contributed by atoms with van der Waals surface area (Å²) in [5, 5.41) is 8.55. The molecule has 1 heterocycles. The highest BCUT2D eigenvalue weighted by molar-refractivity contribution is 7.10. The molecule has 0 spiro atoms. The van der Waals surface area contributed by atoms with E-state index >= 15 is 0 Å². The molecule has 0 aromatic carbocycles. The van der Waals surface area contributed by atoms with E-state index in [4.69, 9.17) is 4.74 Å². The van der Waals surface area contributed by atoms with Crippen molar-refractivity contribution in [1.82, 2.24) is 10.6 Å². The molecule has 1 unspecified atom stereocenters. The Morgan fingerprint density at radius 1 is 1.43 bits per heavy atom. The third-order valence-electron chi connectivity index (χ3n) is 3.33. The van der Waals surface area contributed by atoms with Gasteiger partial charge in [-0.1, -0.05) is 6.07 Å². The second-order valence-corrected chi connectivity index (χ2v) is 7.55. The molecule has 1 fully saturated rings. The van der Waals surface area contributed by atoms with E-state index in [1.165, 1.54) is 17.7 Å². The number of amides is 1. The van der Waals surface area contributed by atoms with E-state index in [0.717, 1.165) is 18.9 Å². The van der Waals surface area contributed by atoms with E-state index in [2.05, 4.69) is 28.1 Å². The zero-order valence-electron chi connectivity index (χ0n) is 13.1. The number of carbonyl (C=O) groups is 1. The predicted molar refractivity (Wildman–Crippen MR) is 86.6 cm³/mol. The molecular formula is C16H26N2O2S. The number of carbonyl (C=O) groups excluding carboxylic acids is 1. The Labute approximate surface area is 131 Å². The number of thiophene rings is 1. The maximum absolute atomic E-state index is 11.5. The molecule has 2 N–H and O–H groups in total. The zero-order chi connectivity index (χ0) is 15.3. The van der Waals surface area contributed by atoms with Crippen molar-refractivity contribution in [2.75, 3.05) is 13.1 Å². The van der Waals surface area contributed by atoms with Crippen molar-refractivity contribution >= 4 is 17.4 Å². The molecule has 0 aliphatic heterocycles. The number of alkyl carbamates (subject to hydrolysis) is 1. The molecule has 1 aromatic heterocycles. The summed E-state index contributed by atoms with van der Waals surface area (Å²) in [6.45, 7) is 7.17. The summed E-state index contributed by atoms with van der Waals surface area (Å²) in [5.74, 6) is 0.794. The minimum Gasteiger partial charge on any atom is -0.444 e. The maximum Gasteiger partial charge on any atom is 0.407 e. The van der Waals surface area contributed by atoms with Gasteiger partial charge in [-0.15, -0.1) is 11.3 Å². The molecule has 0 radical (unpaired) electrons. The molecule has 118 valence electrons. The number of hydrogen-bond acceptors (Lipinski definition) is 4. The molecule has 1 aromatic rings. The van der Waals surface area contributed by atoms with E-state index in [1.54, 1.807) is 0 Å². The van der Waals surface area contributed by atoms with Crippen molar-refractivity contribution < 1.29 is 9.53 Å². The van der Waals surface area contributed by atoms with Crippen LogP contribution in [-0.2, 0) is 4.74 Å². The minimum absolute atomic E-state index is 0.334.